The lowest BCUT2D eigenvalue weighted by Crippen LogP contribution is -2.14. The monoisotopic (exact) mass is 301 g/mol. The van der Waals surface area contributed by atoms with E-state index >= 15 is 0 Å². The van der Waals surface area contributed by atoms with Gasteiger partial charge in [-0.1, -0.05) is 26.0 Å². The second kappa shape index (κ2) is 7.92. The Balaban J connectivity index is 2.47. The Morgan fingerprint density at radius 3 is 2.37 bits per heavy atom. The predicted molar refractivity (Wildman–Crippen MR) is 83.3 cm³/mol. The lowest BCUT2D eigenvalue weighted by Gasteiger charge is -2.12. The first-order chi connectivity index (χ1) is 8.98. The minimum absolute atomic E-state index is 0.0762. The van der Waals surface area contributed by atoms with Crippen LogP contribution in [0.5, 0.6) is 0 Å². The van der Waals surface area contributed by atoms with Gasteiger partial charge in [0.2, 0.25) is 0 Å². The Kier molecular flexibility index (Phi) is 6.89. The second-order valence-corrected chi connectivity index (χ2v) is 8.30. The van der Waals surface area contributed by atoms with Crippen molar-refractivity contribution in [2.75, 3.05) is 17.3 Å². The van der Waals surface area contributed by atoms with Crippen molar-refractivity contribution in [3.05, 3.63) is 29.8 Å². The highest BCUT2D eigenvalue weighted by Crippen LogP contribution is 2.22. The molecule has 0 fully saturated rings. The maximum atomic E-state index is 11.4. The molecule has 0 bridgehead atoms. The van der Waals surface area contributed by atoms with Crippen molar-refractivity contribution in [3.63, 3.8) is 0 Å². The zero-order chi connectivity index (χ0) is 14.3. The fourth-order valence-corrected chi connectivity index (χ4v) is 3.37. The van der Waals surface area contributed by atoms with E-state index in [0.717, 1.165) is 11.3 Å². The zero-order valence-corrected chi connectivity index (χ0v) is 13.3. The first-order valence-electron chi connectivity index (χ1n) is 6.67. The molecule has 0 spiro atoms. The van der Waals surface area contributed by atoms with Gasteiger partial charge in [0.1, 0.15) is 9.84 Å². The van der Waals surface area contributed by atoms with Crippen molar-refractivity contribution < 1.29 is 8.42 Å². The minimum Gasteiger partial charge on any atom is -0.324 e. The summed E-state index contributed by atoms with van der Waals surface area (Å²) in [5.74, 6) is 1.51. The Morgan fingerprint density at radius 2 is 1.84 bits per heavy atom. The van der Waals surface area contributed by atoms with Gasteiger partial charge in [-0.2, -0.15) is 0 Å². The zero-order valence-electron chi connectivity index (χ0n) is 11.6. The third-order valence-corrected chi connectivity index (χ3v) is 5.71. The van der Waals surface area contributed by atoms with Crippen LogP contribution in [0, 0.1) is 0 Å². The molecule has 0 aliphatic rings. The summed E-state index contributed by atoms with van der Waals surface area (Å²) in [6, 6.07) is 8.15. The summed E-state index contributed by atoms with van der Waals surface area (Å²) in [5.41, 5.74) is 7.17. The van der Waals surface area contributed by atoms with E-state index in [1.165, 1.54) is 4.90 Å². The maximum absolute atomic E-state index is 11.4. The third kappa shape index (κ3) is 5.97. The topological polar surface area (TPSA) is 60.2 Å². The molecule has 1 aromatic rings. The first kappa shape index (κ1) is 16.5. The summed E-state index contributed by atoms with van der Waals surface area (Å²) < 4.78 is 22.8. The molecule has 19 heavy (non-hydrogen) atoms. The molecule has 0 heterocycles. The molecule has 0 saturated carbocycles. The van der Waals surface area contributed by atoms with Crippen LogP contribution in [0.15, 0.2) is 29.2 Å². The Hall–Kier alpha value is -0.520. The predicted octanol–water partition coefficient (Wildman–Crippen LogP) is 3.01. The average Bonchev–Trinajstić information content (AvgIpc) is 2.39. The van der Waals surface area contributed by atoms with Gasteiger partial charge < -0.3 is 5.73 Å². The van der Waals surface area contributed by atoms with E-state index in [1.807, 2.05) is 12.1 Å². The largest absolute Gasteiger partial charge is 0.324 e. The summed E-state index contributed by atoms with van der Waals surface area (Å²) in [5, 5.41) is 0. The third-order valence-electron chi connectivity index (χ3n) is 3.03. The highest BCUT2D eigenvalue weighted by Gasteiger charge is 2.10. The highest BCUT2D eigenvalue weighted by atomic mass is 32.2. The molecular formula is C14H23NO2S2. The molecule has 1 aromatic carbocycles. The molecule has 2 N–H and O–H groups in total. The van der Waals surface area contributed by atoms with Crippen LogP contribution >= 0.6 is 11.8 Å². The molecule has 0 aromatic heterocycles. The Morgan fingerprint density at radius 1 is 1.21 bits per heavy atom. The molecule has 1 rings (SSSR count). The van der Waals surface area contributed by atoms with Crippen LogP contribution in [0.1, 0.15) is 38.3 Å². The van der Waals surface area contributed by atoms with Gasteiger partial charge in [0, 0.05) is 16.7 Å². The standard InChI is InChI=1S/C14H23NO2S2/c1-3-18-13-9-7-12(8-10-13)14(15)6-5-11-19(16,17)4-2/h7-10,14H,3-6,11,15H2,1-2H3. The fourth-order valence-electron chi connectivity index (χ4n) is 1.81. The number of rotatable bonds is 8. The van der Waals surface area contributed by atoms with E-state index in [9.17, 15) is 8.42 Å². The molecule has 3 nitrogen and oxygen atoms in total. The molecule has 0 aliphatic carbocycles. The van der Waals surface area contributed by atoms with Crippen molar-refractivity contribution in [1.82, 2.24) is 0 Å². The fraction of sp³-hybridized carbons (Fsp3) is 0.571. The van der Waals surface area contributed by atoms with Gasteiger partial charge in [-0.25, -0.2) is 8.42 Å². The molecule has 5 heteroatoms. The van der Waals surface area contributed by atoms with E-state index in [4.69, 9.17) is 5.73 Å². The number of thioether (sulfide) groups is 1. The van der Waals surface area contributed by atoms with Crippen LogP contribution in [0.25, 0.3) is 0 Å². The second-order valence-electron chi connectivity index (χ2n) is 4.49. The first-order valence-corrected chi connectivity index (χ1v) is 9.48. The van der Waals surface area contributed by atoms with E-state index in [0.29, 0.717) is 12.8 Å². The van der Waals surface area contributed by atoms with Crippen LogP contribution in [0.4, 0.5) is 0 Å². The van der Waals surface area contributed by atoms with Gasteiger partial charge >= 0.3 is 0 Å². The lowest BCUT2D eigenvalue weighted by atomic mass is 10.0. The quantitative estimate of drug-likeness (QED) is 0.750. The van der Waals surface area contributed by atoms with Crippen LogP contribution in [-0.2, 0) is 9.84 Å². The number of hydrogen-bond donors (Lipinski definition) is 1. The van der Waals surface area contributed by atoms with E-state index < -0.39 is 9.84 Å². The number of benzene rings is 1. The van der Waals surface area contributed by atoms with Crippen molar-refractivity contribution >= 4 is 21.6 Å². The molecule has 0 radical (unpaired) electrons. The van der Waals surface area contributed by atoms with Gasteiger partial charge in [-0.05, 0) is 36.3 Å². The van der Waals surface area contributed by atoms with Crippen molar-refractivity contribution in [3.8, 4) is 0 Å². The van der Waals surface area contributed by atoms with Gasteiger partial charge in [-0.3, -0.25) is 0 Å². The molecule has 0 aliphatic heterocycles. The Bertz CT molecular complexity index is 469. The molecule has 0 saturated heterocycles. The molecular weight excluding hydrogens is 278 g/mol. The molecule has 0 amide bonds. The van der Waals surface area contributed by atoms with Gasteiger partial charge in [0.25, 0.3) is 0 Å². The van der Waals surface area contributed by atoms with E-state index in [1.54, 1.807) is 18.7 Å². The van der Waals surface area contributed by atoms with Gasteiger partial charge in [0.05, 0.1) is 5.75 Å². The minimum atomic E-state index is -2.87. The molecule has 1 atom stereocenters. The normalized spacial score (nSPS) is 13.4. The summed E-state index contributed by atoms with van der Waals surface area (Å²) in [6.07, 6.45) is 1.34. The molecule has 108 valence electrons. The van der Waals surface area contributed by atoms with Gasteiger partial charge in [-0.15, -0.1) is 11.8 Å². The summed E-state index contributed by atoms with van der Waals surface area (Å²) in [7, 11) is -2.87. The van der Waals surface area contributed by atoms with Crippen LogP contribution in [0.2, 0.25) is 0 Å². The number of sulfone groups is 1. The van der Waals surface area contributed by atoms with E-state index in [-0.39, 0.29) is 17.5 Å². The van der Waals surface area contributed by atoms with Crippen LogP contribution in [0.3, 0.4) is 0 Å². The lowest BCUT2D eigenvalue weighted by molar-refractivity contribution is 0.584. The average molecular weight is 301 g/mol. The summed E-state index contributed by atoms with van der Waals surface area (Å²) in [4.78, 5) is 1.24. The van der Waals surface area contributed by atoms with Crippen molar-refractivity contribution in [2.45, 2.75) is 37.6 Å². The van der Waals surface area contributed by atoms with Gasteiger partial charge in [0.15, 0.2) is 0 Å². The number of nitrogens with two attached hydrogens (primary N) is 1. The highest BCUT2D eigenvalue weighted by molar-refractivity contribution is 7.99. The Labute approximate surface area is 120 Å². The van der Waals surface area contributed by atoms with Crippen molar-refractivity contribution in [2.24, 2.45) is 5.73 Å². The van der Waals surface area contributed by atoms with E-state index in [2.05, 4.69) is 19.1 Å². The van der Waals surface area contributed by atoms with Crippen molar-refractivity contribution in [1.29, 1.82) is 0 Å². The van der Waals surface area contributed by atoms with Crippen LogP contribution in [-0.4, -0.2) is 25.7 Å². The summed E-state index contributed by atoms with van der Waals surface area (Å²) >= 11 is 1.80. The van der Waals surface area contributed by atoms with Crippen LogP contribution < -0.4 is 5.73 Å². The SMILES string of the molecule is CCSc1ccc(C(N)CCCS(=O)(=O)CC)cc1. The smallest absolute Gasteiger partial charge is 0.150 e. The molecule has 1 unspecified atom stereocenters. The number of hydrogen-bond acceptors (Lipinski definition) is 4. The maximum Gasteiger partial charge on any atom is 0.150 e. The summed E-state index contributed by atoms with van der Waals surface area (Å²) in [6.45, 7) is 3.80.